The lowest BCUT2D eigenvalue weighted by Crippen LogP contribution is -2.13. The zero-order chi connectivity index (χ0) is 14.7. The second kappa shape index (κ2) is 5.71. The SMILES string of the molecule is Cc1c(NC(=O)OCc2ccccc2)oc2ccccc12. The van der Waals surface area contributed by atoms with Crippen LogP contribution >= 0.6 is 0 Å². The Morgan fingerprint density at radius 3 is 2.57 bits per heavy atom. The van der Waals surface area contributed by atoms with Crippen molar-refractivity contribution in [3.05, 3.63) is 65.7 Å². The Hall–Kier alpha value is -2.75. The van der Waals surface area contributed by atoms with Gasteiger partial charge in [-0.25, -0.2) is 4.79 Å². The summed E-state index contributed by atoms with van der Waals surface area (Å²) in [5, 5.41) is 3.62. The van der Waals surface area contributed by atoms with Gasteiger partial charge in [0.1, 0.15) is 12.2 Å². The number of hydrogen-bond acceptors (Lipinski definition) is 3. The number of rotatable bonds is 3. The van der Waals surface area contributed by atoms with Gasteiger partial charge in [0.2, 0.25) is 5.88 Å². The highest BCUT2D eigenvalue weighted by atomic mass is 16.5. The van der Waals surface area contributed by atoms with E-state index >= 15 is 0 Å². The van der Waals surface area contributed by atoms with Gasteiger partial charge < -0.3 is 9.15 Å². The van der Waals surface area contributed by atoms with Crippen molar-refractivity contribution in [2.75, 3.05) is 5.32 Å². The number of carbonyl (C=O) groups is 1. The van der Waals surface area contributed by atoms with Gasteiger partial charge in [-0.2, -0.15) is 0 Å². The van der Waals surface area contributed by atoms with E-state index in [2.05, 4.69) is 5.32 Å². The number of benzene rings is 2. The normalized spacial score (nSPS) is 10.5. The zero-order valence-electron chi connectivity index (χ0n) is 11.6. The summed E-state index contributed by atoms with van der Waals surface area (Å²) >= 11 is 0. The number of fused-ring (bicyclic) bond motifs is 1. The molecule has 4 nitrogen and oxygen atoms in total. The number of anilines is 1. The molecule has 3 rings (SSSR count). The fourth-order valence-electron chi connectivity index (χ4n) is 2.15. The Kier molecular flexibility index (Phi) is 3.60. The van der Waals surface area contributed by atoms with Crippen molar-refractivity contribution in [2.24, 2.45) is 0 Å². The fourth-order valence-corrected chi connectivity index (χ4v) is 2.15. The predicted molar refractivity (Wildman–Crippen MR) is 81.2 cm³/mol. The maximum absolute atomic E-state index is 11.8. The van der Waals surface area contributed by atoms with Crippen LogP contribution in [-0.2, 0) is 11.3 Å². The minimum atomic E-state index is -0.527. The van der Waals surface area contributed by atoms with Crippen molar-refractivity contribution in [3.63, 3.8) is 0 Å². The molecule has 4 heteroatoms. The van der Waals surface area contributed by atoms with Crippen molar-refractivity contribution >= 4 is 22.9 Å². The van der Waals surface area contributed by atoms with E-state index in [1.165, 1.54) is 0 Å². The summed E-state index contributed by atoms with van der Waals surface area (Å²) in [5.41, 5.74) is 2.57. The second-order valence-corrected chi connectivity index (χ2v) is 4.74. The molecule has 2 aromatic carbocycles. The molecule has 0 atom stereocenters. The molecule has 0 aliphatic carbocycles. The Morgan fingerprint density at radius 2 is 1.81 bits per heavy atom. The number of nitrogens with one attached hydrogen (secondary N) is 1. The van der Waals surface area contributed by atoms with E-state index in [0.29, 0.717) is 5.88 Å². The van der Waals surface area contributed by atoms with Crippen LogP contribution in [0.15, 0.2) is 59.0 Å². The molecule has 0 aliphatic rings. The largest absolute Gasteiger partial charge is 0.444 e. The number of para-hydroxylation sites is 1. The quantitative estimate of drug-likeness (QED) is 0.769. The van der Waals surface area contributed by atoms with Crippen molar-refractivity contribution in [3.8, 4) is 0 Å². The number of carbonyl (C=O) groups excluding carboxylic acids is 1. The van der Waals surface area contributed by atoms with Crippen LogP contribution in [-0.4, -0.2) is 6.09 Å². The minimum Gasteiger partial charge on any atom is -0.444 e. The van der Waals surface area contributed by atoms with Gasteiger partial charge in [-0.15, -0.1) is 0 Å². The topological polar surface area (TPSA) is 51.5 Å². The molecule has 0 bridgehead atoms. The van der Waals surface area contributed by atoms with Crippen LogP contribution in [0, 0.1) is 6.92 Å². The van der Waals surface area contributed by atoms with Gasteiger partial charge in [0.25, 0.3) is 0 Å². The van der Waals surface area contributed by atoms with E-state index in [1.54, 1.807) is 0 Å². The zero-order valence-corrected chi connectivity index (χ0v) is 11.6. The molecule has 1 amide bonds. The summed E-state index contributed by atoms with van der Waals surface area (Å²) in [6.45, 7) is 2.13. The van der Waals surface area contributed by atoms with Crippen LogP contribution in [0.3, 0.4) is 0 Å². The van der Waals surface area contributed by atoms with Crippen LogP contribution < -0.4 is 5.32 Å². The van der Waals surface area contributed by atoms with Gasteiger partial charge in [-0.1, -0.05) is 48.5 Å². The maximum Gasteiger partial charge on any atom is 0.414 e. The highest BCUT2D eigenvalue weighted by Gasteiger charge is 2.13. The lowest BCUT2D eigenvalue weighted by molar-refractivity contribution is 0.154. The number of hydrogen-bond donors (Lipinski definition) is 1. The summed E-state index contributed by atoms with van der Waals surface area (Å²) in [7, 11) is 0. The Balaban J connectivity index is 1.67. The van der Waals surface area contributed by atoms with E-state index in [-0.39, 0.29) is 6.61 Å². The minimum absolute atomic E-state index is 0.228. The molecule has 21 heavy (non-hydrogen) atoms. The van der Waals surface area contributed by atoms with E-state index in [4.69, 9.17) is 9.15 Å². The summed E-state index contributed by atoms with van der Waals surface area (Å²) in [6.07, 6.45) is -0.527. The van der Waals surface area contributed by atoms with E-state index < -0.39 is 6.09 Å². The standard InChI is InChI=1S/C17H15NO3/c1-12-14-9-5-6-10-15(14)21-16(12)18-17(19)20-11-13-7-3-2-4-8-13/h2-10H,11H2,1H3,(H,18,19). The van der Waals surface area contributed by atoms with Gasteiger partial charge in [0.15, 0.2) is 0 Å². The van der Waals surface area contributed by atoms with E-state index in [9.17, 15) is 4.79 Å². The lowest BCUT2D eigenvalue weighted by atomic mass is 10.2. The number of amides is 1. The first-order chi connectivity index (χ1) is 10.2. The molecule has 0 saturated carbocycles. The smallest absolute Gasteiger partial charge is 0.414 e. The predicted octanol–water partition coefficient (Wildman–Crippen LogP) is 4.49. The Labute approximate surface area is 122 Å². The van der Waals surface area contributed by atoms with Crippen LogP contribution in [0.4, 0.5) is 10.7 Å². The molecule has 0 saturated heterocycles. The molecule has 1 N–H and O–H groups in total. The molecule has 1 heterocycles. The Bertz CT molecular complexity index is 762. The maximum atomic E-state index is 11.8. The summed E-state index contributed by atoms with van der Waals surface area (Å²) in [6, 6.07) is 17.2. The average Bonchev–Trinajstić information content (AvgIpc) is 2.83. The number of furan rings is 1. The van der Waals surface area contributed by atoms with Crippen LogP contribution in [0.1, 0.15) is 11.1 Å². The van der Waals surface area contributed by atoms with Crippen LogP contribution in [0.2, 0.25) is 0 Å². The molecule has 0 aliphatic heterocycles. The molecule has 0 fully saturated rings. The van der Waals surface area contributed by atoms with Crippen molar-refractivity contribution in [1.29, 1.82) is 0 Å². The molecule has 3 aromatic rings. The first-order valence-corrected chi connectivity index (χ1v) is 6.70. The lowest BCUT2D eigenvalue weighted by Gasteiger charge is -2.05. The highest BCUT2D eigenvalue weighted by Crippen LogP contribution is 2.28. The van der Waals surface area contributed by atoms with Crippen molar-refractivity contribution in [1.82, 2.24) is 0 Å². The van der Waals surface area contributed by atoms with E-state index in [1.807, 2.05) is 61.5 Å². The third-order valence-corrected chi connectivity index (χ3v) is 3.27. The third kappa shape index (κ3) is 2.89. The fraction of sp³-hybridized carbons (Fsp3) is 0.118. The van der Waals surface area contributed by atoms with Gasteiger partial charge in [0, 0.05) is 10.9 Å². The Morgan fingerprint density at radius 1 is 1.10 bits per heavy atom. The van der Waals surface area contributed by atoms with Crippen LogP contribution in [0.5, 0.6) is 0 Å². The van der Waals surface area contributed by atoms with Gasteiger partial charge in [-0.3, -0.25) is 5.32 Å². The van der Waals surface area contributed by atoms with Crippen molar-refractivity contribution < 1.29 is 13.9 Å². The molecular formula is C17H15NO3. The number of aryl methyl sites for hydroxylation is 1. The van der Waals surface area contributed by atoms with Gasteiger partial charge >= 0.3 is 6.09 Å². The monoisotopic (exact) mass is 281 g/mol. The van der Waals surface area contributed by atoms with Crippen molar-refractivity contribution in [2.45, 2.75) is 13.5 Å². The third-order valence-electron chi connectivity index (χ3n) is 3.27. The summed E-state index contributed by atoms with van der Waals surface area (Å²) in [5.74, 6) is 0.425. The molecule has 0 unspecified atom stereocenters. The van der Waals surface area contributed by atoms with E-state index in [0.717, 1.165) is 22.1 Å². The number of ether oxygens (including phenoxy) is 1. The molecule has 1 aromatic heterocycles. The summed E-state index contributed by atoms with van der Waals surface area (Å²) < 4.78 is 10.8. The molecule has 0 spiro atoms. The average molecular weight is 281 g/mol. The molecule has 106 valence electrons. The first kappa shape index (κ1) is 13.2. The highest BCUT2D eigenvalue weighted by molar-refractivity contribution is 5.91. The summed E-state index contributed by atoms with van der Waals surface area (Å²) in [4.78, 5) is 11.8. The molecular weight excluding hydrogens is 266 g/mol. The first-order valence-electron chi connectivity index (χ1n) is 6.70. The van der Waals surface area contributed by atoms with Crippen LogP contribution in [0.25, 0.3) is 11.0 Å². The molecule has 0 radical (unpaired) electrons. The second-order valence-electron chi connectivity index (χ2n) is 4.74. The van der Waals surface area contributed by atoms with Gasteiger partial charge in [0.05, 0.1) is 0 Å². The van der Waals surface area contributed by atoms with Gasteiger partial charge in [-0.05, 0) is 18.6 Å².